The summed E-state index contributed by atoms with van der Waals surface area (Å²) >= 11 is 5.78. The summed E-state index contributed by atoms with van der Waals surface area (Å²) in [5.74, 6) is 1.07. The monoisotopic (exact) mass is 476 g/mol. The van der Waals surface area contributed by atoms with E-state index in [9.17, 15) is 0 Å². The Morgan fingerprint density at radius 3 is 2.32 bits per heavy atom. The zero-order valence-electron chi connectivity index (χ0n) is 20.5. The Hall–Kier alpha value is -3.03. The highest BCUT2D eigenvalue weighted by Crippen LogP contribution is 2.37. The van der Waals surface area contributed by atoms with Crippen molar-refractivity contribution in [1.82, 2.24) is 20.4 Å². The molecule has 0 radical (unpaired) electrons. The largest absolute Gasteiger partial charge is 0.379 e. The third kappa shape index (κ3) is 5.37. The quantitative estimate of drug-likeness (QED) is 0.324. The highest BCUT2D eigenvalue weighted by atomic mass is 32.1. The Bertz CT molecular complexity index is 1170. The van der Waals surface area contributed by atoms with Crippen LogP contribution in [0, 0.1) is 13.8 Å². The molecular formula is C27H32N4O2S. The fourth-order valence-electron chi connectivity index (χ4n) is 4.03. The number of hydrogen-bond donors (Lipinski definition) is 1. The van der Waals surface area contributed by atoms with E-state index in [0.29, 0.717) is 23.4 Å². The molecule has 1 aliphatic heterocycles. The molecule has 0 aliphatic carbocycles. The van der Waals surface area contributed by atoms with Crippen LogP contribution in [0.3, 0.4) is 0 Å². The maximum atomic E-state index is 5.82. The van der Waals surface area contributed by atoms with Gasteiger partial charge in [-0.1, -0.05) is 64.8 Å². The molecule has 2 aromatic carbocycles. The van der Waals surface area contributed by atoms with Crippen molar-refractivity contribution in [2.75, 3.05) is 13.2 Å². The van der Waals surface area contributed by atoms with Crippen molar-refractivity contribution < 1.29 is 9.26 Å². The fourth-order valence-corrected chi connectivity index (χ4v) is 4.38. The van der Waals surface area contributed by atoms with Crippen molar-refractivity contribution in [2.24, 2.45) is 0 Å². The minimum Gasteiger partial charge on any atom is -0.379 e. The van der Waals surface area contributed by atoms with Crippen LogP contribution < -0.4 is 5.32 Å². The van der Waals surface area contributed by atoms with Gasteiger partial charge in [0.1, 0.15) is 0 Å². The highest BCUT2D eigenvalue weighted by molar-refractivity contribution is 7.80. The number of rotatable bonds is 8. The summed E-state index contributed by atoms with van der Waals surface area (Å²) in [6, 6.07) is 16.4. The standard InChI is InChI=1S/C27H32N4O2S/c1-17(2)32-16-6-15-31-20(5)23(24(28-27(31)34)21-11-7-18(3)8-12-21)26-29-25(30-33-26)22-13-9-19(4)10-14-22/h7-14,17,24H,6,15-16H2,1-5H3,(H,28,34). The summed E-state index contributed by atoms with van der Waals surface area (Å²) in [5, 5.41) is 8.50. The molecule has 1 unspecified atom stereocenters. The van der Waals surface area contributed by atoms with Crippen molar-refractivity contribution in [3.05, 3.63) is 76.8 Å². The number of thiocarbonyl (C=S) groups is 1. The van der Waals surface area contributed by atoms with E-state index in [4.69, 9.17) is 26.5 Å². The molecule has 0 saturated carbocycles. The molecule has 3 aromatic rings. The molecule has 6 nitrogen and oxygen atoms in total. The maximum Gasteiger partial charge on any atom is 0.258 e. The molecule has 1 atom stereocenters. The molecule has 0 amide bonds. The Balaban J connectivity index is 1.70. The molecule has 0 saturated heterocycles. The van der Waals surface area contributed by atoms with E-state index in [0.717, 1.165) is 35.4 Å². The Kier molecular flexibility index (Phi) is 7.44. The molecule has 178 valence electrons. The van der Waals surface area contributed by atoms with Gasteiger partial charge in [-0.15, -0.1) is 0 Å². The second-order valence-corrected chi connectivity index (χ2v) is 9.39. The lowest BCUT2D eigenvalue weighted by Crippen LogP contribution is -2.46. The van der Waals surface area contributed by atoms with E-state index in [1.165, 1.54) is 11.1 Å². The van der Waals surface area contributed by atoms with Crippen LogP contribution in [0.4, 0.5) is 0 Å². The number of hydrogen-bond acceptors (Lipinski definition) is 5. The van der Waals surface area contributed by atoms with Crippen LogP contribution >= 0.6 is 12.2 Å². The van der Waals surface area contributed by atoms with Gasteiger partial charge in [-0.25, -0.2) is 0 Å². The zero-order valence-corrected chi connectivity index (χ0v) is 21.3. The van der Waals surface area contributed by atoms with Crippen LogP contribution in [-0.4, -0.2) is 39.4 Å². The molecule has 2 heterocycles. The third-order valence-electron chi connectivity index (χ3n) is 5.95. The Morgan fingerprint density at radius 2 is 1.68 bits per heavy atom. The van der Waals surface area contributed by atoms with E-state index < -0.39 is 0 Å². The second-order valence-electron chi connectivity index (χ2n) is 9.01. The van der Waals surface area contributed by atoms with Crippen LogP contribution in [-0.2, 0) is 4.74 Å². The number of nitrogens with one attached hydrogen (secondary N) is 1. The zero-order chi connectivity index (χ0) is 24.2. The molecule has 34 heavy (non-hydrogen) atoms. The van der Waals surface area contributed by atoms with E-state index in [1.807, 2.05) is 38.1 Å². The molecule has 0 fully saturated rings. The number of ether oxygens (including phenoxy) is 1. The van der Waals surface area contributed by atoms with Gasteiger partial charge in [-0.2, -0.15) is 4.98 Å². The third-order valence-corrected chi connectivity index (χ3v) is 6.29. The summed E-state index contributed by atoms with van der Waals surface area (Å²) in [6.45, 7) is 11.7. The lowest BCUT2D eigenvalue weighted by Gasteiger charge is -2.37. The maximum absolute atomic E-state index is 5.82. The van der Waals surface area contributed by atoms with Crippen LogP contribution in [0.25, 0.3) is 17.0 Å². The summed E-state index contributed by atoms with van der Waals surface area (Å²) < 4.78 is 11.6. The molecule has 1 aliphatic rings. The first-order valence-corrected chi connectivity index (χ1v) is 12.1. The molecule has 7 heteroatoms. The van der Waals surface area contributed by atoms with Gasteiger partial charge in [0, 0.05) is 24.4 Å². The van der Waals surface area contributed by atoms with Gasteiger partial charge >= 0.3 is 0 Å². The second kappa shape index (κ2) is 10.5. The van der Waals surface area contributed by atoms with Crippen molar-refractivity contribution in [3.63, 3.8) is 0 Å². The van der Waals surface area contributed by atoms with Crippen LogP contribution in [0.5, 0.6) is 0 Å². The van der Waals surface area contributed by atoms with Crippen molar-refractivity contribution in [3.8, 4) is 11.4 Å². The molecule has 0 bridgehead atoms. The van der Waals surface area contributed by atoms with E-state index >= 15 is 0 Å². The SMILES string of the molecule is CC1=C(c2nc(-c3ccc(C)cc3)no2)C(c2ccc(C)cc2)NC(=S)N1CCCOC(C)C. The van der Waals surface area contributed by atoms with Gasteiger partial charge in [-0.3, -0.25) is 0 Å². The topological polar surface area (TPSA) is 63.4 Å². The summed E-state index contributed by atoms with van der Waals surface area (Å²) in [5.41, 5.74) is 6.36. The van der Waals surface area contributed by atoms with Crippen LogP contribution in [0.15, 0.2) is 58.8 Å². The van der Waals surface area contributed by atoms with Gasteiger partial charge in [0.15, 0.2) is 5.11 Å². The van der Waals surface area contributed by atoms with Crippen LogP contribution in [0.2, 0.25) is 0 Å². The Morgan fingerprint density at radius 1 is 1.03 bits per heavy atom. The first-order chi connectivity index (χ1) is 16.3. The van der Waals surface area contributed by atoms with Crippen molar-refractivity contribution in [1.29, 1.82) is 0 Å². The summed E-state index contributed by atoms with van der Waals surface area (Å²) in [6.07, 6.45) is 1.07. The first-order valence-electron chi connectivity index (χ1n) is 11.7. The minimum absolute atomic E-state index is 0.178. The predicted octanol–water partition coefficient (Wildman–Crippen LogP) is 5.83. The summed E-state index contributed by atoms with van der Waals surface area (Å²) in [4.78, 5) is 6.89. The number of aryl methyl sites for hydroxylation is 2. The van der Waals surface area contributed by atoms with Crippen molar-refractivity contribution >= 4 is 22.9 Å². The van der Waals surface area contributed by atoms with Gasteiger partial charge in [0.2, 0.25) is 5.82 Å². The average Bonchev–Trinajstić information content (AvgIpc) is 3.28. The molecular weight excluding hydrogens is 444 g/mol. The lowest BCUT2D eigenvalue weighted by molar-refractivity contribution is 0.0749. The number of allylic oxidation sites excluding steroid dienone is 1. The molecule has 1 N–H and O–H groups in total. The number of nitrogens with zero attached hydrogens (tertiary/aromatic N) is 3. The fraction of sp³-hybridized carbons (Fsp3) is 0.370. The van der Waals surface area contributed by atoms with Crippen molar-refractivity contribution in [2.45, 2.75) is 53.2 Å². The lowest BCUT2D eigenvalue weighted by atomic mass is 9.94. The van der Waals surface area contributed by atoms with Crippen LogP contribution in [0.1, 0.15) is 55.8 Å². The Labute approximate surface area is 207 Å². The normalized spacial score (nSPS) is 16.4. The van der Waals surface area contributed by atoms with Gasteiger partial charge in [0.25, 0.3) is 5.89 Å². The minimum atomic E-state index is -0.178. The number of aromatic nitrogens is 2. The highest BCUT2D eigenvalue weighted by Gasteiger charge is 2.33. The van der Waals surface area contributed by atoms with Gasteiger partial charge in [-0.05, 0) is 58.8 Å². The molecule has 0 spiro atoms. The average molecular weight is 477 g/mol. The van der Waals surface area contributed by atoms with Gasteiger partial charge in [0.05, 0.1) is 17.7 Å². The molecule has 4 rings (SSSR count). The van der Waals surface area contributed by atoms with E-state index in [-0.39, 0.29) is 12.1 Å². The van der Waals surface area contributed by atoms with Gasteiger partial charge < -0.3 is 19.5 Å². The summed E-state index contributed by atoms with van der Waals surface area (Å²) in [7, 11) is 0. The number of benzene rings is 2. The first kappa shape index (κ1) is 24.1. The smallest absolute Gasteiger partial charge is 0.258 e. The predicted molar refractivity (Wildman–Crippen MR) is 139 cm³/mol. The van der Waals surface area contributed by atoms with E-state index in [2.05, 4.69) is 60.4 Å². The van der Waals surface area contributed by atoms with E-state index in [1.54, 1.807) is 0 Å². The molecule has 1 aromatic heterocycles.